The first-order valence-corrected chi connectivity index (χ1v) is 16.7. The standard InChI is InChI=1S/C38H42N6O2/c1-37(2,3)46-36(45)44-18-4-5-33(44)35-41-30-17-14-27(19-31(30)42-35)25-8-6-23(7-9-25)24-10-12-26(13-11-24)32(22-39)40-34-21-38(34)28-15-16-29(20-28)43-38/h6-14,17,19,22,28-29,32-33,39,43H,4-5,15-16,18,20-21H2,1-3H3,(H,41,42). The Morgan fingerprint density at radius 2 is 1.72 bits per heavy atom. The van der Waals surface area contributed by atoms with Crippen LogP contribution in [-0.2, 0) is 4.74 Å². The number of H-pyrrole nitrogens is 1. The Morgan fingerprint density at radius 1 is 1.02 bits per heavy atom. The fourth-order valence-corrected chi connectivity index (χ4v) is 8.00. The number of imidazole rings is 1. The highest BCUT2D eigenvalue weighted by atomic mass is 16.6. The number of aromatic nitrogens is 2. The van der Waals surface area contributed by atoms with Gasteiger partial charge in [0.1, 0.15) is 17.5 Å². The molecule has 4 aromatic rings. The largest absolute Gasteiger partial charge is 0.444 e. The Hall–Kier alpha value is -4.30. The summed E-state index contributed by atoms with van der Waals surface area (Å²) in [5.41, 5.74) is 8.32. The first kappa shape index (κ1) is 29.1. The Balaban J connectivity index is 0.960. The zero-order chi connectivity index (χ0) is 31.6. The number of nitrogens with zero attached hydrogens (tertiary/aromatic N) is 3. The number of nitrogens with one attached hydrogen (secondary N) is 3. The summed E-state index contributed by atoms with van der Waals surface area (Å²) in [7, 11) is 0. The van der Waals surface area contributed by atoms with E-state index in [-0.39, 0.29) is 23.7 Å². The van der Waals surface area contributed by atoms with Crippen molar-refractivity contribution in [1.82, 2.24) is 20.2 Å². The second-order valence-electron chi connectivity index (χ2n) is 14.6. The van der Waals surface area contributed by atoms with Gasteiger partial charge in [0.15, 0.2) is 0 Å². The molecule has 1 aromatic heterocycles. The van der Waals surface area contributed by atoms with Gasteiger partial charge in [-0.15, -0.1) is 0 Å². The summed E-state index contributed by atoms with van der Waals surface area (Å²) >= 11 is 0. The van der Waals surface area contributed by atoms with Gasteiger partial charge in [0.05, 0.1) is 22.6 Å². The van der Waals surface area contributed by atoms with E-state index < -0.39 is 5.60 Å². The molecule has 1 spiro atoms. The lowest BCUT2D eigenvalue weighted by Crippen LogP contribution is -2.39. The highest BCUT2D eigenvalue weighted by Gasteiger charge is 2.63. The van der Waals surface area contributed by atoms with Gasteiger partial charge in [0.25, 0.3) is 0 Å². The van der Waals surface area contributed by atoms with Crippen molar-refractivity contribution in [3.8, 4) is 22.3 Å². The summed E-state index contributed by atoms with van der Waals surface area (Å²) in [4.78, 5) is 28.0. The SMILES string of the molecule is CC(C)(C)OC(=O)N1CCCC1c1nc2ccc(-c3ccc(-c4ccc(C(C=N)N=C5CC56NC5CCC6C5)cc4)cc3)cc2[nH]1. The fraction of sp³-hybridized carbons (Fsp3) is 0.421. The minimum absolute atomic E-state index is 0.108. The Labute approximate surface area is 270 Å². The van der Waals surface area contributed by atoms with Gasteiger partial charge in [-0.1, -0.05) is 54.6 Å². The summed E-state index contributed by atoms with van der Waals surface area (Å²) in [6, 6.07) is 23.8. The molecule has 2 bridgehead atoms. The molecule has 1 amide bonds. The molecule has 4 fully saturated rings. The van der Waals surface area contributed by atoms with Crippen molar-refractivity contribution in [2.24, 2.45) is 10.9 Å². The molecular formula is C38H42N6O2. The van der Waals surface area contributed by atoms with E-state index in [0.717, 1.165) is 69.9 Å². The number of rotatable bonds is 6. The van der Waals surface area contributed by atoms with E-state index in [2.05, 4.69) is 71.0 Å². The molecule has 2 aliphatic heterocycles. The van der Waals surface area contributed by atoms with Gasteiger partial charge in [0, 0.05) is 30.9 Å². The minimum atomic E-state index is -0.530. The normalized spacial score (nSPS) is 26.7. The first-order chi connectivity index (χ1) is 22.2. The van der Waals surface area contributed by atoms with E-state index in [9.17, 15) is 4.79 Å². The molecule has 0 radical (unpaired) electrons. The number of benzene rings is 3. The topological polar surface area (TPSA) is 106 Å². The van der Waals surface area contributed by atoms with Gasteiger partial charge in [-0.2, -0.15) is 0 Å². The van der Waals surface area contributed by atoms with Crippen molar-refractivity contribution >= 4 is 29.1 Å². The average molecular weight is 615 g/mol. The van der Waals surface area contributed by atoms with E-state index in [1.165, 1.54) is 31.2 Å². The maximum atomic E-state index is 12.8. The van der Waals surface area contributed by atoms with Crippen LogP contribution in [0, 0.1) is 11.3 Å². The van der Waals surface area contributed by atoms with Crippen LogP contribution in [0.4, 0.5) is 4.79 Å². The summed E-state index contributed by atoms with van der Waals surface area (Å²) < 4.78 is 5.66. The fourth-order valence-electron chi connectivity index (χ4n) is 8.00. The number of ether oxygens (including phenoxy) is 1. The van der Waals surface area contributed by atoms with Crippen molar-refractivity contribution in [2.45, 2.75) is 88.6 Å². The van der Waals surface area contributed by atoms with Crippen molar-refractivity contribution in [1.29, 1.82) is 5.41 Å². The predicted octanol–water partition coefficient (Wildman–Crippen LogP) is 8.01. The van der Waals surface area contributed by atoms with Crippen molar-refractivity contribution in [2.75, 3.05) is 6.54 Å². The van der Waals surface area contributed by atoms with Crippen molar-refractivity contribution < 1.29 is 9.53 Å². The van der Waals surface area contributed by atoms with Gasteiger partial charge in [0.2, 0.25) is 0 Å². The molecule has 5 unspecified atom stereocenters. The van der Waals surface area contributed by atoms with E-state index in [1.54, 1.807) is 4.90 Å². The number of aliphatic imine (C=N–C) groups is 1. The summed E-state index contributed by atoms with van der Waals surface area (Å²) in [6.07, 6.45) is 7.93. The number of carbonyl (C=O) groups excluding carboxylic acids is 1. The smallest absolute Gasteiger partial charge is 0.410 e. The van der Waals surface area contributed by atoms with Crippen LogP contribution in [0.2, 0.25) is 0 Å². The third-order valence-electron chi connectivity index (χ3n) is 10.4. The average Bonchev–Trinajstić information content (AvgIpc) is 3.61. The molecule has 46 heavy (non-hydrogen) atoms. The van der Waals surface area contributed by atoms with Crippen LogP contribution in [0.15, 0.2) is 71.7 Å². The lowest BCUT2D eigenvalue weighted by Gasteiger charge is -2.27. The number of amides is 1. The molecule has 5 atom stereocenters. The number of aromatic amines is 1. The lowest BCUT2D eigenvalue weighted by molar-refractivity contribution is 0.0219. The molecule has 8 heteroatoms. The van der Waals surface area contributed by atoms with Gasteiger partial charge in [-0.25, -0.2) is 9.78 Å². The summed E-state index contributed by atoms with van der Waals surface area (Å²) in [6.45, 7) is 6.36. The van der Waals surface area contributed by atoms with E-state index >= 15 is 0 Å². The summed E-state index contributed by atoms with van der Waals surface area (Å²) in [5, 5.41) is 11.9. The van der Waals surface area contributed by atoms with Crippen LogP contribution in [0.5, 0.6) is 0 Å². The Kier molecular flexibility index (Phi) is 6.90. The number of piperidine rings is 1. The molecule has 2 saturated carbocycles. The zero-order valence-corrected chi connectivity index (χ0v) is 26.8. The number of hydrogen-bond acceptors (Lipinski definition) is 6. The second kappa shape index (κ2) is 10.9. The first-order valence-electron chi connectivity index (χ1n) is 16.7. The van der Waals surface area contributed by atoms with E-state index in [0.29, 0.717) is 12.6 Å². The Bertz CT molecular complexity index is 1840. The Morgan fingerprint density at radius 3 is 2.37 bits per heavy atom. The molecule has 3 N–H and O–H groups in total. The molecular weight excluding hydrogens is 572 g/mol. The molecule has 2 saturated heterocycles. The molecule has 3 heterocycles. The van der Waals surface area contributed by atoms with Gasteiger partial charge in [-0.3, -0.25) is 9.89 Å². The number of hydrogen-bond donors (Lipinski definition) is 3. The van der Waals surface area contributed by atoms with Crippen LogP contribution in [0.3, 0.4) is 0 Å². The van der Waals surface area contributed by atoms with Gasteiger partial charge in [-0.05, 0) is 98.7 Å². The number of likely N-dealkylation sites (tertiary alicyclic amines) is 1. The minimum Gasteiger partial charge on any atom is -0.444 e. The molecule has 8 rings (SSSR count). The van der Waals surface area contributed by atoms with E-state index in [4.69, 9.17) is 20.1 Å². The highest BCUT2D eigenvalue weighted by Crippen LogP contribution is 2.53. The van der Waals surface area contributed by atoms with Crippen LogP contribution >= 0.6 is 0 Å². The quantitative estimate of drug-likeness (QED) is 0.191. The van der Waals surface area contributed by atoms with Crippen LogP contribution < -0.4 is 5.32 Å². The third-order valence-corrected chi connectivity index (χ3v) is 10.4. The number of fused-ring (bicyclic) bond motifs is 4. The maximum absolute atomic E-state index is 12.8. The zero-order valence-electron chi connectivity index (χ0n) is 26.8. The van der Waals surface area contributed by atoms with Crippen LogP contribution in [0.25, 0.3) is 33.3 Å². The molecule has 236 valence electrons. The van der Waals surface area contributed by atoms with Gasteiger partial charge < -0.3 is 20.4 Å². The van der Waals surface area contributed by atoms with E-state index in [1.807, 2.05) is 26.8 Å². The molecule has 8 nitrogen and oxygen atoms in total. The van der Waals surface area contributed by atoms with Crippen LogP contribution in [0.1, 0.15) is 82.8 Å². The van der Waals surface area contributed by atoms with Crippen molar-refractivity contribution in [3.05, 3.63) is 78.1 Å². The molecule has 4 aliphatic rings. The van der Waals surface area contributed by atoms with Crippen LogP contribution in [-0.4, -0.2) is 56.6 Å². The number of carbonyl (C=O) groups is 1. The van der Waals surface area contributed by atoms with Crippen molar-refractivity contribution in [3.63, 3.8) is 0 Å². The third kappa shape index (κ3) is 5.22. The second-order valence-corrected chi connectivity index (χ2v) is 14.6. The highest BCUT2D eigenvalue weighted by molar-refractivity contribution is 6.11. The monoisotopic (exact) mass is 614 g/mol. The van der Waals surface area contributed by atoms with Gasteiger partial charge >= 0.3 is 6.09 Å². The maximum Gasteiger partial charge on any atom is 0.410 e. The summed E-state index contributed by atoms with van der Waals surface area (Å²) in [5.74, 6) is 1.55. The predicted molar refractivity (Wildman–Crippen MR) is 182 cm³/mol. The molecule has 2 aliphatic carbocycles. The lowest BCUT2D eigenvalue weighted by atomic mass is 9.97. The molecule has 3 aromatic carbocycles.